The number of hydrogen-bond acceptors (Lipinski definition) is 3. The number of nitrogens with zero attached hydrogens (tertiary/aromatic N) is 1. The minimum absolute atomic E-state index is 0.131. The Labute approximate surface area is 120 Å². The molecule has 1 aliphatic heterocycles. The van der Waals surface area contributed by atoms with E-state index in [1.54, 1.807) is 0 Å². The molecule has 0 aliphatic carbocycles. The zero-order chi connectivity index (χ0) is 14.0. The van der Waals surface area contributed by atoms with Crippen LogP contribution in [0.1, 0.15) is 26.3 Å². The summed E-state index contributed by atoms with van der Waals surface area (Å²) in [5.41, 5.74) is 8.30. The molecule has 2 N–H and O–H groups in total. The van der Waals surface area contributed by atoms with Crippen molar-refractivity contribution in [2.24, 2.45) is 5.73 Å². The van der Waals surface area contributed by atoms with Crippen molar-refractivity contribution in [3.8, 4) is 0 Å². The molecule has 0 amide bonds. The van der Waals surface area contributed by atoms with E-state index in [9.17, 15) is 0 Å². The maximum Gasteiger partial charge on any atom is 0.0723 e. The molecular weight excluding hydrogens is 260 g/mol. The second-order valence-electron chi connectivity index (χ2n) is 5.57. The summed E-state index contributed by atoms with van der Waals surface area (Å²) in [7, 11) is 0. The number of nitrogens with two attached hydrogens (primary N) is 1. The average Bonchev–Trinajstić information content (AvgIpc) is 2.32. The van der Waals surface area contributed by atoms with Crippen LogP contribution in [0.3, 0.4) is 0 Å². The van der Waals surface area contributed by atoms with Gasteiger partial charge in [-0.2, -0.15) is 0 Å². The number of ether oxygens (including phenoxy) is 1. The van der Waals surface area contributed by atoms with E-state index in [-0.39, 0.29) is 12.1 Å². The fraction of sp³-hybridized carbons (Fsp3) is 0.600. The van der Waals surface area contributed by atoms with Gasteiger partial charge >= 0.3 is 0 Å². The summed E-state index contributed by atoms with van der Waals surface area (Å²) in [6.45, 7) is 7.91. The summed E-state index contributed by atoms with van der Waals surface area (Å²) in [4.78, 5) is 2.36. The molecule has 1 heterocycles. The Kier molecular flexibility index (Phi) is 4.71. The van der Waals surface area contributed by atoms with Crippen molar-refractivity contribution in [1.29, 1.82) is 0 Å². The van der Waals surface area contributed by atoms with Gasteiger partial charge in [-0.15, -0.1) is 0 Å². The first-order valence-electron chi connectivity index (χ1n) is 6.90. The highest BCUT2D eigenvalue weighted by molar-refractivity contribution is 6.33. The van der Waals surface area contributed by atoms with Gasteiger partial charge in [0.2, 0.25) is 0 Å². The Bertz CT molecular complexity index is 436. The molecule has 106 valence electrons. The summed E-state index contributed by atoms with van der Waals surface area (Å²) < 4.78 is 5.69. The quantitative estimate of drug-likeness (QED) is 0.926. The molecule has 2 rings (SSSR count). The summed E-state index contributed by atoms with van der Waals surface area (Å²) in [6, 6.07) is 6.54. The highest BCUT2D eigenvalue weighted by Gasteiger charge is 2.26. The van der Waals surface area contributed by atoms with E-state index in [1.165, 1.54) is 5.56 Å². The zero-order valence-electron chi connectivity index (χ0n) is 11.9. The maximum absolute atomic E-state index is 6.44. The first-order chi connectivity index (χ1) is 8.99. The van der Waals surface area contributed by atoms with Crippen LogP contribution in [-0.2, 0) is 11.2 Å². The van der Waals surface area contributed by atoms with Gasteiger partial charge in [0, 0.05) is 18.6 Å². The number of hydrogen-bond donors (Lipinski definition) is 1. The lowest BCUT2D eigenvalue weighted by molar-refractivity contribution is 0.0343. The number of para-hydroxylation sites is 1. The summed E-state index contributed by atoms with van der Waals surface area (Å²) in [5.74, 6) is 0. The van der Waals surface area contributed by atoms with Gasteiger partial charge in [0.1, 0.15) is 0 Å². The third-order valence-electron chi connectivity index (χ3n) is 3.51. The monoisotopic (exact) mass is 282 g/mol. The molecule has 3 nitrogen and oxygen atoms in total. The van der Waals surface area contributed by atoms with Crippen molar-refractivity contribution >= 4 is 17.3 Å². The van der Waals surface area contributed by atoms with Crippen LogP contribution in [0.5, 0.6) is 0 Å². The summed E-state index contributed by atoms with van der Waals surface area (Å²) in [5, 5.41) is 0.805. The second-order valence-corrected chi connectivity index (χ2v) is 5.98. The molecule has 19 heavy (non-hydrogen) atoms. The predicted molar refractivity (Wildman–Crippen MR) is 81.0 cm³/mol. The number of halogens is 1. The Balaban J connectivity index is 2.36. The predicted octanol–water partition coefficient (Wildman–Crippen LogP) is 2.84. The zero-order valence-corrected chi connectivity index (χ0v) is 12.7. The fourth-order valence-corrected chi connectivity index (χ4v) is 2.91. The van der Waals surface area contributed by atoms with Crippen molar-refractivity contribution in [3.63, 3.8) is 0 Å². The van der Waals surface area contributed by atoms with Crippen LogP contribution in [0.2, 0.25) is 5.02 Å². The van der Waals surface area contributed by atoms with Crippen molar-refractivity contribution in [1.82, 2.24) is 0 Å². The lowest BCUT2D eigenvalue weighted by Gasteiger charge is -2.40. The number of anilines is 1. The SMILES string of the molecule is CC(N)Cc1cccc(Cl)c1N1CC(C)OCC1C. The van der Waals surface area contributed by atoms with Crippen LogP contribution in [0, 0.1) is 0 Å². The van der Waals surface area contributed by atoms with Gasteiger partial charge < -0.3 is 15.4 Å². The third-order valence-corrected chi connectivity index (χ3v) is 3.81. The highest BCUT2D eigenvalue weighted by atomic mass is 35.5. The van der Waals surface area contributed by atoms with Crippen LogP contribution in [-0.4, -0.2) is 31.3 Å². The molecule has 1 saturated heterocycles. The van der Waals surface area contributed by atoms with Gasteiger partial charge in [0.15, 0.2) is 0 Å². The Hall–Kier alpha value is -0.770. The molecule has 0 bridgehead atoms. The first kappa shape index (κ1) is 14.6. The van der Waals surface area contributed by atoms with E-state index in [0.717, 1.165) is 30.3 Å². The highest BCUT2D eigenvalue weighted by Crippen LogP contribution is 2.33. The normalized spacial score (nSPS) is 25.4. The molecule has 0 spiro atoms. The standard InChI is InChI=1S/C15H23ClN2O/c1-10(17)7-13-5-4-6-14(16)15(13)18-8-12(3)19-9-11(18)2/h4-6,10-12H,7-9,17H2,1-3H3. The van der Waals surface area contributed by atoms with Gasteiger partial charge in [-0.3, -0.25) is 0 Å². The number of benzene rings is 1. The molecule has 4 heteroatoms. The lowest BCUT2D eigenvalue weighted by atomic mass is 10.0. The third kappa shape index (κ3) is 3.41. The van der Waals surface area contributed by atoms with Gasteiger partial charge in [0.05, 0.1) is 23.4 Å². The van der Waals surface area contributed by atoms with Gasteiger partial charge in [-0.1, -0.05) is 23.7 Å². The van der Waals surface area contributed by atoms with Crippen molar-refractivity contribution in [2.75, 3.05) is 18.1 Å². The molecule has 0 aromatic heterocycles. The van der Waals surface area contributed by atoms with E-state index < -0.39 is 0 Å². The van der Waals surface area contributed by atoms with Gasteiger partial charge in [0.25, 0.3) is 0 Å². The second kappa shape index (κ2) is 6.12. The molecular formula is C15H23ClN2O. The van der Waals surface area contributed by atoms with E-state index in [2.05, 4.69) is 24.8 Å². The van der Waals surface area contributed by atoms with Crippen molar-refractivity contribution in [3.05, 3.63) is 28.8 Å². The Morgan fingerprint density at radius 3 is 2.89 bits per heavy atom. The molecule has 1 fully saturated rings. The number of rotatable bonds is 3. The van der Waals surface area contributed by atoms with Gasteiger partial charge in [-0.25, -0.2) is 0 Å². The Morgan fingerprint density at radius 1 is 1.47 bits per heavy atom. The van der Waals surface area contributed by atoms with Crippen LogP contribution >= 0.6 is 11.6 Å². The fourth-order valence-electron chi connectivity index (χ4n) is 2.61. The topological polar surface area (TPSA) is 38.5 Å². The van der Waals surface area contributed by atoms with Crippen LogP contribution < -0.4 is 10.6 Å². The van der Waals surface area contributed by atoms with E-state index >= 15 is 0 Å². The lowest BCUT2D eigenvalue weighted by Crippen LogP contribution is -2.48. The smallest absolute Gasteiger partial charge is 0.0723 e. The summed E-state index contributed by atoms with van der Waals surface area (Å²) >= 11 is 6.44. The molecule has 0 radical (unpaired) electrons. The van der Waals surface area contributed by atoms with Crippen LogP contribution in [0.15, 0.2) is 18.2 Å². The maximum atomic E-state index is 6.44. The first-order valence-corrected chi connectivity index (χ1v) is 7.28. The van der Waals surface area contributed by atoms with Crippen molar-refractivity contribution in [2.45, 2.75) is 45.4 Å². The molecule has 1 aromatic rings. The largest absolute Gasteiger partial charge is 0.375 e. The molecule has 1 aliphatic rings. The summed E-state index contributed by atoms with van der Waals surface area (Å²) in [6.07, 6.45) is 1.07. The molecule has 3 unspecified atom stereocenters. The minimum atomic E-state index is 0.131. The van der Waals surface area contributed by atoms with E-state index in [0.29, 0.717) is 6.04 Å². The van der Waals surface area contributed by atoms with Crippen molar-refractivity contribution < 1.29 is 4.74 Å². The molecule has 0 saturated carbocycles. The average molecular weight is 283 g/mol. The van der Waals surface area contributed by atoms with E-state index in [4.69, 9.17) is 22.1 Å². The molecule has 1 aromatic carbocycles. The minimum Gasteiger partial charge on any atom is -0.375 e. The number of morpholine rings is 1. The van der Waals surface area contributed by atoms with Gasteiger partial charge in [-0.05, 0) is 38.8 Å². The Morgan fingerprint density at radius 2 is 2.21 bits per heavy atom. The van der Waals surface area contributed by atoms with Crippen LogP contribution in [0.25, 0.3) is 0 Å². The van der Waals surface area contributed by atoms with E-state index in [1.807, 2.05) is 19.1 Å². The van der Waals surface area contributed by atoms with Crippen LogP contribution in [0.4, 0.5) is 5.69 Å². The molecule has 3 atom stereocenters.